The normalized spacial score (nSPS) is 16.7. The van der Waals surface area contributed by atoms with Crippen molar-refractivity contribution in [1.29, 1.82) is 0 Å². The first-order valence-corrected chi connectivity index (χ1v) is 10.6. The van der Waals surface area contributed by atoms with E-state index >= 15 is 0 Å². The fourth-order valence-electron chi connectivity index (χ4n) is 5.07. The number of hydrogen-bond acceptors (Lipinski definition) is 0. The number of hydrogen-bond donors (Lipinski definition) is 0. The first-order valence-electron chi connectivity index (χ1n) is 10.6. The zero-order chi connectivity index (χ0) is 19.9. The van der Waals surface area contributed by atoms with Gasteiger partial charge in [-0.15, -0.1) is 0 Å². The predicted molar refractivity (Wildman–Crippen MR) is 127 cm³/mol. The molecule has 0 N–H and O–H groups in total. The van der Waals surface area contributed by atoms with E-state index in [9.17, 15) is 0 Å². The van der Waals surface area contributed by atoms with Crippen LogP contribution in [-0.2, 0) is 21.7 Å². The molecule has 3 heteroatoms. The second kappa shape index (κ2) is 10.7. The molecule has 2 unspecified atom stereocenters. The average molecular weight is 501 g/mol. The predicted octanol–water partition coefficient (Wildman–Crippen LogP) is 1.68. The van der Waals surface area contributed by atoms with Gasteiger partial charge in [0.05, 0.1) is 0 Å². The van der Waals surface area contributed by atoms with Gasteiger partial charge in [-0.05, 0) is 44.5 Å². The van der Waals surface area contributed by atoms with Crippen molar-refractivity contribution in [1.82, 2.24) is 0 Å². The maximum Gasteiger partial charge on any atom is 2.00 e. The van der Waals surface area contributed by atoms with Gasteiger partial charge in [0, 0.05) is 11.8 Å². The van der Waals surface area contributed by atoms with Gasteiger partial charge < -0.3 is 24.8 Å². The largest absolute Gasteiger partial charge is 2.00 e. The maximum absolute atomic E-state index is 2.34. The Kier molecular flexibility index (Phi) is 8.21. The van der Waals surface area contributed by atoms with E-state index in [1.165, 1.54) is 44.5 Å². The number of benzene rings is 4. The zero-order valence-corrected chi connectivity index (χ0v) is 21.0. The Labute approximate surface area is 223 Å². The molecule has 2 atom stereocenters. The van der Waals surface area contributed by atoms with Crippen molar-refractivity contribution in [2.45, 2.75) is 11.8 Å². The number of rotatable bonds is 3. The molecule has 4 aromatic rings. The molecule has 2 aliphatic carbocycles. The third-order valence-electron chi connectivity index (χ3n) is 6.48. The molecule has 0 aliphatic heterocycles. The summed E-state index contributed by atoms with van der Waals surface area (Å²) in [6.45, 7) is 0. The van der Waals surface area contributed by atoms with E-state index in [1.54, 1.807) is 0 Å². The molecule has 0 fully saturated rings. The molecular formula is C30H22Cl2Ti. The summed E-state index contributed by atoms with van der Waals surface area (Å²) in [4.78, 5) is 0. The van der Waals surface area contributed by atoms with Crippen molar-refractivity contribution < 1.29 is 46.5 Å². The molecule has 0 radical (unpaired) electrons. The summed E-state index contributed by atoms with van der Waals surface area (Å²) in [5.41, 5.74) is 10.9. The van der Waals surface area contributed by atoms with Crippen molar-refractivity contribution in [3.8, 4) is 11.1 Å². The summed E-state index contributed by atoms with van der Waals surface area (Å²) in [6, 6.07) is 35.3. The molecule has 33 heavy (non-hydrogen) atoms. The summed E-state index contributed by atoms with van der Waals surface area (Å²) >= 11 is 0. The van der Waals surface area contributed by atoms with Gasteiger partial charge in [-0.25, -0.2) is 0 Å². The SMILES string of the molecule is C1=CC(c2ccccc2-c2ccccc2C2C=Cc3ccccc32)c2ccccc21.[Cl-].[Cl-].[Ti+2]. The van der Waals surface area contributed by atoms with Crippen LogP contribution in [0.15, 0.2) is 109 Å². The van der Waals surface area contributed by atoms with Gasteiger partial charge in [0.1, 0.15) is 0 Å². The number of allylic oxidation sites excluding steroid dienone is 2. The van der Waals surface area contributed by atoms with E-state index in [-0.39, 0.29) is 46.5 Å². The number of fused-ring (bicyclic) bond motifs is 2. The van der Waals surface area contributed by atoms with Crippen LogP contribution in [0, 0.1) is 0 Å². The molecule has 0 aromatic heterocycles. The third-order valence-corrected chi connectivity index (χ3v) is 6.48. The fraction of sp³-hybridized carbons (Fsp3) is 0.0667. The molecule has 0 saturated heterocycles. The molecule has 0 bridgehead atoms. The Hall–Kier alpha value is -2.35. The quantitative estimate of drug-likeness (QED) is 0.375. The first kappa shape index (κ1) is 25.3. The minimum atomic E-state index is 0. The van der Waals surface area contributed by atoms with Crippen LogP contribution in [-0.4, -0.2) is 0 Å². The molecule has 0 nitrogen and oxygen atoms in total. The topological polar surface area (TPSA) is 0 Å². The summed E-state index contributed by atoms with van der Waals surface area (Å²) in [5.74, 6) is 0.605. The van der Waals surface area contributed by atoms with Crippen LogP contribution in [0.1, 0.15) is 45.2 Å². The molecule has 2 aliphatic rings. The Morgan fingerprint density at radius 3 is 1.15 bits per heavy atom. The van der Waals surface area contributed by atoms with E-state index in [2.05, 4.69) is 121 Å². The maximum atomic E-state index is 2.34. The van der Waals surface area contributed by atoms with Crippen LogP contribution in [0.3, 0.4) is 0 Å². The van der Waals surface area contributed by atoms with Crippen LogP contribution < -0.4 is 24.8 Å². The second-order valence-electron chi connectivity index (χ2n) is 8.11. The van der Waals surface area contributed by atoms with Gasteiger partial charge in [-0.1, -0.05) is 121 Å². The van der Waals surface area contributed by atoms with Gasteiger partial charge in [-0.3, -0.25) is 0 Å². The van der Waals surface area contributed by atoms with Gasteiger partial charge in [0.15, 0.2) is 0 Å². The molecule has 0 heterocycles. The van der Waals surface area contributed by atoms with E-state index in [0.29, 0.717) is 11.8 Å². The standard InChI is InChI=1S/C30H22.2ClH.Ti/c1-3-11-23-21(9-1)17-19-29(23)27-15-7-5-13-25(27)26-14-6-8-16-28(26)30-20-18-22-10-2-4-12-24(22)30;;;/h1-20,29-30H;2*1H;/q;;;+2/p-2. The van der Waals surface area contributed by atoms with Gasteiger partial charge >= 0.3 is 21.7 Å². The van der Waals surface area contributed by atoms with E-state index < -0.39 is 0 Å². The summed E-state index contributed by atoms with van der Waals surface area (Å²) in [7, 11) is 0. The summed E-state index contributed by atoms with van der Waals surface area (Å²) < 4.78 is 0. The van der Waals surface area contributed by atoms with Crippen molar-refractivity contribution in [2.75, 3.05) is 0 Å². The van der Waals surface area contributed by atoms with Gasteiger partial charge in [0.2, 0.25) is 0 Å². The van der Waals surface area contributed by atoms with Crippen LogP contribution in [0.5, 0.6) is 0 Å². The van der Waals surface area contributed by atoms with Crippen molar-refractivity contribution in [2.24, 2.45) is 0 Å². The minimum absolute atomic E-state index is 0. The van der Waals surface area contributed by atoms with Crippen LogP contribution in [0.25, 0.3) is 23.3 Å². The molecule has 0 saturated carbocycles. The fourth-order valence-corrected chi connectivity index (χ4v) is 5.07. The Balaban J connectivity index is 0.00000102. The summed E-state index contributed by atoms with van der Waals surface area (Å²) in [5, 5.41) is 0. The Bertz CT molecular complexity index is 1220. The van der Waals surface area contributed by atoms with E-state index in [0.717, 1.165) is 0 Å². The summed E-state index contributed by atoms with van der Waals surface area (Å²) in [6.07, 6.45) is 9.21. The van der Waals surface area contributed by atoms with E-state index in [4.69, 9.17) is 0 Å². The van der Waals surface area contributed by atoms with Crippen molar-refractivity contribution in [3.63, 3.8) is 0 Å². The molecule has 6 rings (SSSR count). The minimum Gasteiger partial charge on any atom is -1.00 e. The third kappa shape index (κ3) is 4.42. The van der Waals surface area contributed by atoms with Crippen molar-refractivity contribution in [3.05, 3.63) is 143 Å². The van der Waals surface area contributed by atoms with Crippen LogP contribution >= 0.6 is 0 Å². The van der Waals surface area contributed by atoms with Gasteiger partial charge in [-0.2, -0.15) is 0 Å². The first-order chi connectivity index (χ1) is 14.9. The number of halogens is 2. The second-order valence-corrected chi connectivity index (χ2v) is 8.11. The van der Waals surface area contributed by atoms with Crippen molar-refractivity contribution >= 4 is 12.2 Å². The van der Waals surface area contributed by atoms with Gasteiger partial charge in [0.25, 0.3) is 0 Å². The average Bonchev–Trinajstić information content (AvgIpc) is 3.44. The Morgan fingerprint density at radius 2 is 0.727 bits per heavy atom. The monoisotopic (exact) mass is 500 g/mol. The zero-order valence-electron chi connectivity index (χ0n) is 18.0. The smallest absolute Gasteiger partial charge is 1.00 e. The molecular weight excluding hydrogens is 479 g/mol. The van der Waals surface area contributed by atoms with Crippen LogP contribution in [0.2, 0.25) is 0 Å². The molecule has 160 valence electrons. The molecule has 0 spiro atoms. The molecule has 0 amide bonds. The Morgan fingerprint density at radius 1 is 0.394 bits per heavy atom. The van der Waals surface area contributed by atoms with Crippen LogP contribution in [0.4, 0.5) is 0 Å². The molecule has 4 aromatic carbocycles. The van der Waals surface area contributed by atoms with E-state index in [1.807, 2.05) is 0 Å².